The molecule has 0 fully saturated rings. The predicted octanol–water partition coefficient (Wildman–Crippen LogP) is 5.19. The summed E-state index contributed by atoms with van der Waals surface area (Å²) < 4.78 is 46.2. The largest absolute Gasteiger partial charge is 0.483 e. The third-order valence-corrected chi connectivity index (χ3v) is 5.25. The average Bonchev–Trinajstić information content (AvgIpc) is 3.15. The number of para-hydroxylation sites is 1. The minimum absolute atomic E-state index is 0.0255. The van der Waals surface area contributed by atoms with E-state index in [1.165, 1.54) is 12.1 Å². The quantitative estimate of drug-likeness (QED) is 0.479. The van der Waals surface area contributed by atoms with Crippen molar-refractivity contribution in [2.45, 2.75) is 37.8 Å². The fraction of sp³-hybridized carbons (Fsp3) is 0.286. The van der Waals surface area contributed by atoms with E-state index in [0.717, 1.165) is 23.9 Å². The van der Waals surface area contributed by atoms with Crippen molar-refractivity contribution in [3.8, 4) is 5.75 Å². The zero-order valence-electron chi connectivity index (χ0n) is 16.9. The van der Waals surface area contributed by atoms with Crippen molar-refractivity contribution in [2.24, 2.45) is 0 Å². The Hall–Kier alpha value is -3.01. The minimum atomic E-state index is -4.47. The first-order valence-electron chi connectivity index (χ1n) is 9.52. The van der Waals surface area contributed by atoms with E-state index >= 15 is 0 Å². The number of ether oxygens (including phenoxy) is 1. The van der Waals surface area contributed by atoms with Gasteiger partial charge in [-0.1, -0.05) is 36.0 Å². The zero-order valence-corrected chi connectivity index (χ0v) is 17.7. The number of carbonyl (C=O) groups excluding carboxylic acids is 1. The molecule has 0 saturated heterocycles. The number of alkyl halides is 3. The standard InChI is InChI=1S/C21H21F3N4O2S/c1-3-28-19(14(2)30-17-10-5-4-6-11-17)26-27-20(28)31-13-18(29)25-16-9-7-8-15(12-16)21(22,23)24/h4-12,14H,3,13H2,1-2H3,(H,25,29)/t14-/m0/s1. The number of nitrogens with zero attached hydrogens (tertiary/aromatic N) is 3. The predicted molar refractivity (Wildman–Crippen MR) is 112 cm³/mol. The van der Waals surface area contributed by atoms with Gasteiger partial charge in [0.2, 0.25) is 5.91 Å². The average molecular weight is 450 g/mol. The normalized spacial score (nSPS) is 12.4. The van der Waals surface area contributed by atoms with Crippen LogP contribution in [0.15, 0.2) is 59.8 Å². The second-order valence-electron chi connectivity index (χ2n) is 6.57. The maximum Gasteiger partial charge on any atom is 0.416 e. The molecule has 0 unspecified atom stereocenters. The van der Waals surface area contributed by atoms with Gasteiger partial charge in [-0.3, -0.25) is 4.79 Å². The van der Waals surface area contributed by atoms with Crippen LogP contribution >= 0.6 is 11.8 Å². The van der Waals surface area contributed by atoms with E-state index in [1.54, 1.807) is 0 Å². The number of aromatic nitrogens is 3. The Bertz CT molecular complexity index is 1020. The molecule has 2 aromatic carbocycles. The van der Waals surface area contributed by atoms with E-state index in [1.807, 2.05) is 48.7 Å². The van der Waals surface area contributed by atoms with Gasteiger partial charge in [-0.25, -0.2) is 0 Å². The first kappa shape index (κ1) is 22.7. The molecule has 6 nitrogen and oxygen atoms in total. The van der Waals surface area contributed by atoms with Crippen molar-refractivity contribution in [1.82, 2.24) is 14.8 Å². The lowest BCUT2D eigenvalue weighted by atomic mass is 10.2. The lowest BCUT2D eigenvalue weighted by Crippen LogP contribution is -2.16. The summed E-state index contributed by atoms with van der Waals surface area (Å²) in [5.74, 6) is 0.857. The van der Waals surface area contributed by atoms with Crippen molar-refractivity contribution in [3.63, 3.8) is 0 Å². The van der Waals surface area contributed by atoms with Crippen molar-refractivity contribution in [2.75, 3.05) is 11.1 Å². The topological polar surface area (TPSA) is 69.0 Å². The third-order valence-electron chi connectivity index (χ3n) is 4.29. The summed E-state index contributed by atoms with van der Waals surface area (Å²) in [5, 5.41) is 11.3. The van der Waals surface area contributed by atoms with Crippen LogP contribution in [0.2, 0.25) is 0 Å². The van der Waals surface area contributed by atoms with Crippen molar-refractivity contribution >= 4 is 23.4 Å². The van der Waals surface area contributed by atoms with E-state index in [0.29, 0.717) is 23.3 Å². The molecule has 1 N–H and O–H groups in total. The molecule has 31 heavy (non-hydrogen) atoms. The van der Waals surface area contributed by atoms with Crippen LogP contribution in [-0.4, -0.2) is 26.4 Å². The Labute approximate surface area is 181 Å². The maximum atomic E-state index is 12.8. The van der Waals surface area contributed by atoms with E-state index in [9.17, 15) is 18.0 Å². The van der Waals surface area contributed by atoms with Gasteiger partial charge in [0, 0.05) is 12.2 Å². The van der Waals surface area contributed by atoms with Gasteiger partial charge in [0.25, 0.3) is 0 Å². The lowest BCUT2D eigenvalue weighted by molar-refractivity contribution is -0.137. The zero-order chi connectivity index (χ0) is 22.4. The highest BCUT2D eigenvalue weighted by molar-refractivity contribution is 7.99. The summed E-state index contributed by atoms with van der Waals surface area (Å²) in [5.41, 5.74) is -0.733. The third kappa shape index (κ3) is 6.00. The van der Waals surface area contributed by atoms with E-state index in [2.05, 4.69) is 15.5 Å². The Morgan fingerprint density at radius 2 is 1.90 bits per heavy atom. The smallest absolute Gasteiger partial charge is 0.416 e. The SMILES string of the molecule is CCn1c(SCC(=O)Nc2cccc(C(F)(F)F)c2)nnc1[C@H](C)Oc1ccccc1. The molecular weight excluding hydrogens is 429 g/mol. The van der Waals surface area contributed by atoms with Crippen LogP contribution in [0.4, 0.5) is 18.9 Å². The number of carbonyl (C=O) groups is 1. The summed E-state index contributed by atoms with van der Waals surface area (Å²) in [6.45, 7) is 4.36. The number of nitrogens with one attached hydrogen (secondary N) is 1. The summed E-state index contributed by atoms with van der Waals surface area (Å²) in [7, 11) is 0. The highest BCUT2D eigenvalue weighted by Crippen LogP contribution is 2.31. The van der Waals surface area contributed by atoms with Gasteiger partial charge in [0.1, 0.15) is 5.75 Å². The van der Waals surface area contributed by atoms with Gasteiger partial charge in [-0.05, 0) is 44.2 Å². The molecule has 3 aromatic rings. The first-order chi connectivity index (χ1) is 14.8. The molecule has 1 aromatic heterocycles. The number of benzene rings is 2. The van der Waals surface area contributed by atoms with Crippen molar-refractivity contribution in [3.05, 3.63) is 66.0 Å². The molecule has 10 heteroatoms. The number of amides is 1. The van der Waals surface area contributed by atoms with Gasteiger partial charge >= 0.3 is 6.18 Å². The summed E-state index contributed by atoms with van der Waals surface area (Å²) in [6.07, 6.45) is -4.83. The van der Waals surface area contributed by atoms with Crippen LogP contribution in [-0.2, 0) is 17.5 Å². The van der Waals surface area contributed by atoms with Crippen LogP contribution < -0.4 is 10.1 Å². The summed E-state index contributed by atoms with van der Waals surface area (Å²) in [6, 6.07) is 13.8. The molecule has 0 bridgehead atoms. The minimum Gasteiger partial charge on any atom is -0.483 e. The molecule has 0 aliphatic rings. The van der Waals surface area contributed by atoms with Gasteiger partial charge in [0.15, 0.2) is 17.1 Å². The Morgan fingerprint density at radius 3 is 2.58 bits per heavy atom. The molecule has 0 aliphatic carbocycles. The molecule has 1 heterocycles. The van der Waals surface area contributed by atoms with E-state index in [4.69, 9.17) is 4.74 Å². The second kappa shape index (κ2) is 9.86. The summed E-state index contributed by atoms with van der Waals surface area (Å²) in [4.78, 5) is 12.2. The van der Waals surface area contributed by atoms with E-state index < -0.39 is 17.6 Å². The highest BCUT2D eigenvalue weighted by Gasteiger charge is 2.30. The number of anilines is 1. The number of rotatable bonds is 8. The van der Waals surface area contributed by atoms with E-state index in [-0.39, 0.29) is 17.5 Å². The Balaban J connectivity index is 1.62. The monoisotopic (exact) mass is 450 g/mol. The fourth-order valence-electron chi connectivity index (χ4n) is 2.86. The molecule has 0 aliphatic heterocycles. The fourth-order valence-corrected chi connectivity index (χ4v) is 3.67. The molecule has 1 atom stereocenters. The van der Waals surface area contributed by atoms with Gasteiger partial charge < -0.3 is 14.6 Å². The Kier molecular flexibility index (Phi) is 7.21. The number of hydrogen-bond acceptors (Lipinski definition) is 5. The molecule has 3 rings (SSSR count). The lowest BCUT2D eigenvalue weighted by Gasteiger charge is -2.15. The van der Waals surface area contributed by atoms with Crippen LogP contribution in [0.25, 0.3) is 0 Å². The number of thioether (sulfide) groups is 1. The summed E-state index contributed by atoms with van der Waals surface area (Å²) >= 11 is 1.15. The van der Waals surface area contributed by atoms with Crippen LogP contribution in [0.3, 0.4) is 0 Å². The van der Waals surface area contributed by atoms with Crippen molar-refractivity contribution < 1.29 is 22.7 Å². The molecule has 1 amide bonds. The maximum absolute atomic E-state index is 12.8. The van der Waals surface area contributed by atoms with Gasteiger partial charge in [-0.2, -0.15) is 13.2 Å². The second-order valence-corrected chi connectivity index (χ2v) is 7.52. The number of halogens is 3. The first-order valence-corrected chi connectivity index (χ1v) is 10.5. The van der Waals surface area contributed by atoms with Gasteiger partial charge in [0.05, 0.1) is 11.3 Å². The number of hydrogen-bond donors (Lipinski definition) is 1. The molecule has 164 valence electrons. The van der Waals surface area contributed by atoms with Crippen LogP contribution in [0.1, 0.15) is 31.3 Å². The highest BCUT2D eigenvalue weighted by atomic mass is 32.2. The molecule has 0 radical (unpaired) electrons. The van der Waals surface area contributed by atoms with Crippen molar-refractivity contribution in [1.29, 1.82) is 0 Å². The van der Waals surface area contributed by atoms with Crippen LogP contribution in [0.5, 0.6) is 5.75 Å². The molecule has 0 saturated carbocycles. The molecular formula is C21H21F3N4O2S. The van der Waals surface area contributed by atoms with Crippen LogP contribution in [0, 0.1) is 0 Å². The molecule has 0 spiro atoms. The van der Waals surface area contributed by atoms with Gasteiger partial charge in [-0.15, -0.1) is 10.2 Å². The Morgan fingerprint density at radius 1 is 1.16 bits per heavy atom.